The molecule has 1 amide bonds. The van der Waals surface area contributed by atoms with Crippen LogP contribution in [0.4, 0.5) is 0 Å². The molecule has 0 spiro atoms. The lowest BCUT2D eigenvalue weighted by molar-refractivity contribution is -0.137. The van der Waals surface area contributed by atoms with Crippen molar-refractivity contribution in [2.45, 2.75) is 40.5 Å². The summed E-state index contributed by atoms with van der Waals surface area (Å²) < 4.78 is 0. The summed E-state index contributed by atoms with van der Waals surface area (Å²) in [4.78, 5) is 20.9. The predicted octanol–water partition coefficient (Wildman–Crippen LogP) is 1.65. The van der Waals surface area contributed by atoms with Crippen molar-refractivity contribution in [2.75, 3.05) is 6.54 Å². The first-order valence-electron chi connectivity index (χ1n) is 5.01. The number of carbonyl (C=O) groups excluding carboxylic acids is 1. The minimum absolute atomic E-state index is 0.189. The lowest BCUT2D eigenvalue weighted by atomic mass is 10.1. The number of hydrogen-bond acceptors (Lipinski definition) is 2. The topological polar surface area (TPSA) is 66.4 Å². The highest BCUT2D eigenvalue weighted by molar-refractivity contribution is 5.80. The molecule has 0 aliphatic rings. The Morgan fingerprint density at radius 3 is 2.14 bits per heavy atom. The van der Waals surface area contributed by atoms with E-state index in [1.165, 1.54) is 0 Å². The van der Waals surface area contributed by atoms with Crippen molar-refractivity contribution >= 4 is 11.9 Å². The molecular formula is C10H21NO3. The fraction of sp³-hybridized carbons (Fsp3) is 0.800. The molecule has 84 valence electrons. The molecule has 0 aromatic carbocycles. The van der Waals surface area contributed by atoms with E-state index in [0.29, 0.717) is 12.3 Å². The van der Waals surface area contributed by atoms with Crippen LogP contribution in [0.25, 0.3) is 0 Å². The van der Waals surface area contributed by atoms with Gasteiger partial charge in [-0.05, 0) is 12.3 Å². The van der Waals surface area contributed by atoms with Crippen molar-refractivity contribution in [1.29, 1.82) is 0 Å². The van der Waals surface area contributed by atoms with Gasteiger partial charge in [-0.15, -0.1) is 0 Å². The zero-order valence-electron chi connectivity index (χ0n) is 9.46. The second-order valence-corrected chi connectivity index (χ2v) is 3.10. The van der Waals surface area contributed by atoms with Crippen molar-refractivity contribution in [3.8, 4) is 0 Å². The molecule has 14 heavy (non-hydrogen) atoms. The second kappa shape index (κ2) is 10.0. The van der Waals surface area contributed by atoms with Crippen LogP contribution in [0.15, 0.2) is 0 Å². The SMILES string of the molecule is CC.CC(C)CCC(=O)NCC(=O)O. The molecule has 2 N–H and O–H groups in total. The van der Waals surface area contributed by atoms with Crippen molar-refractivity contribution < 1.29 is 14.7 Å². The van der Waals surface area contributed by atoms with Gasteiger partial charge in [-0.2, -0.15) is 0 Å². The van der Waals surface area contributed by atoms with E-state index in [2.05, 4.69) is 5.32 Å². The highest BCUT2D eigenvalue weighted by Gasteiger charge is 2.04. The largest absolute Gasteiger partial charge is 0.480 e. The standard InChI is InChI=1S/C8H15NO3.C2H6/c1-6(2)3-4-7(10)9-5-8(11)12;1-2/h6H,3-5H2,1-2H3,(H,9,10)(H,11,12);1-2H3. The molecule has 0 aromatic rings. The number of nitrogens with one attached hydrogen (secondary N) is 1. The van der Waals surface area contributed by atoms with E-state index in [1.807, 2.05) is 27.7 Å². The van der Waals surface area contributed by atoms with E-state index in [-0.39, 0.29) is 12.5 Å². The van der Waals surface area contributed by atoms with Crippen LogP contribution in [-0.4, -0.2) is 23.5 Å². The first-order valence-corrected chi connectivity index (χ1v) is 5.01. The Morgan fingerprint density at radius 1 is 1.29 bits per heavy atom. The average molecular weight is 203 g/mol. The highest BCUT2D eigenvalue weighted by Crippen LogP contribution is 2.02. The average Bonchev–Trinajstić information content (AvgIpc) is 2.14. The van der Waals surface area contributed by atoms with Gasteiger partial charge in [-0.25, -0.2) is 0 Å². The van der Waals surface area contributed by atoms with Gasteiger partial charge in [0.25, 0.3) is 0 Å². The molecule has 0 saturated carbocycles. The van der Waals surface area contributed by atoms with Crippen LogP contribution in [0, 0.1) is 5.92 Å². The number of carboxylic acids is 1. The third kappa shape index (κ3) is 13.5. The zero-order chi connectivity index (χ0) is 11.6. The molecule has 0 aliphatic carbocycles. The first kappa shape index (κ1) is 15.4. The summed E-state index contributed by atoms with van der Waals surface area (Å²) in [6.07, 6.45) is 1.20. The summed E-state index contributed by atoms with van der Waals surface area (Å²) in [6.45, 7) is 7.76. The highest BCUT2D eigenvalue weighted by atomic mass is 16.4. The summed E-state index contributed by atoms with van der Waals surface area (Å²) in [5.74, 6) is -0.723. The lowest BCUT2D eigenvalue weighted by Gasteiger charge is -2.03. The Bertz CT molecular complexity index is 167. The second-order valence-electron chi connectivity index (χ2n) is 3.10. The molecule has 0 radical (unpaired) electrons. The number of rotatable bonds is 5. The van der Waals surface area contributed by atoms with Crippen LogP contribution in [0.2, 0.25) is 0 Å². The number of carboxylic acid groups (broad SMARTS) is 1. The van der Waals surface area contributed by atoms with Crippen LogP contribution in [0.3, 0.4) is 0 Å². The normalized spacial score (nSPS) is 8.93. The van der Waals surface area contributed by atoms with E-state index < -0.39 is 5.97 Å². The molecule has 0 aliphatic heterocycles. The van der Waals surface area contributed by atoms with Crippen molar-refractivity contribution in [1.82, 2.24) is 5.32 Å². The molecule has 0 bridgehead atoms. The fourth-order valence-electron chi connectivity index (χ4n) is 0.682. The molecule has 0 aromatic heterocycles. The van der Waals surface area contributed by atoms with E-state index in [4.69, 9.17) is 5.11 Å². The van der Waals surface area contributed by atoms with Gasteiger partial charge in [0.05, 0.1) is 0 Å². The van der Waals surface area contributed by atoms with Crippen LogP contribution < -0.4 is 5.32 Å². The number of hydrogen-bond donors (Lipinski definition) is 2. The molecule has 0 atom stereocenters. The molecule has 0 heterocycles. The van der Waals surface area contributed by atoms with Crippen LogP contribution in [-0.2, 0) is 9.59 Å². The monoisotopic (exact) mass is 203 g/mol. The summed E-state index contributed by atoms with van der Waals surface area (Å²) in [5, 5.41) is 10.5. The quantitative estimate of drug-likeness (QED) is 0.714. The molecular weight excluding hydrogens is 182 g/mol. The Balaban J connectivity index is 0. The number of amides is 1. The Kier molecular flexibility index (Phi) is 11.0. The van der Waals surface area contributed by atoms with Crippen LogP contribution >= 0.6 is 0 Å². The van der Waals surface area contributed by atoms with E-state index in [1.54, 1.807) is 0 Å². The van der Waals surface area contributed by atoms with Crippen molar-refractivity contribution in [3.05, 3.63) is 0 Å². The third-order valence-electron chi connectivity index (χ3n) is 1.39. The van der Waals surface area contributed by atoms with E-state index >= 15 is 0 Å². The molecule has 0 rings (SSSR count). The smallest absolute Gasteiger partial charge is 0.322 e. The maximum absolute atomic E-state index is 10.9. The lowest BCUT2D eigenvalue weighted by Crippen LogP contribution is -2.29. The van der Waals surface area contributed by atoms with Gasteiger partial charge >= 0.3 is 5.97 Å². The van der Waals surface area contributed by atoms with E-state index in [9.17, 15) is 9.59 Å². The first-order chi connectivity index (χ1) is 6.52. The van der Waals surface area contributed by atoms with E-state index in [0.717, 1.165) is 6.42 Å². The minimum Gasteiger partial charge on any atom is -0.480 e. The van der Waals surface area contributed by atoms with Crippen LogP contribution in [0.1, 0.15) is 40.5 Å². The van der Waals surface area contributed by atoms with Crippen molar-refractivity contribution in [3.63, 3.8) is 0 Å². The van der Waals surface area contributed by atoms with Gasteiger partial charge in [0.1, 0.15) is 6.54 Å². The minimum atomic E-state index is -1.01. The summed E-state index contributed by atoms with van der Waals surface area (Å²) in [5.41, 5.74) is 0. The summed E-state index contributed by atoms with van der Waals surface area (Å²) >= 11 is 0. The summed E-state index contributed by atoms with van der Waals surface area (Å²) in [6, 6.07) is 0. The maximum atomic E-state index is 10.9. The molecule has 0 fully saturated rings. The Hall–Kier alpha value is -1.06. The molecule has 0 unspecified atom stereocenters. The van der Waals surface area contributed by atoms with Gasteiger partial charge in [0.15, 0.2) is 0 Å². The van der Waals surface area contributed by atoms with Crippen molar-refractivity contribution in [2.24, 2.45) is 5.92 Å². The van der Waals surface area contributed by atoms with Crippen LogP contribution in [0.5, 0.6) is 0 Å². The molecule has 4 heteroatoms. The van der Waals surface area contributed by atoms with Gasteiger partial charge < -0.3 is 10.4 Å². The maximum Gasteiger partial charge on any atom is 0.322 e. The molecule has 0 saturated heterocycles. The number of carbonyl (C=O) groups is 2. The zero-order valence-corrected chi connectivity index (χ0v) is 9.46. The van der Waals surface area contributed by atoms with Gasteiger partial charge in [0.2, 0.25) is 5.91 Å². The summed E-state index contributed by atoms with van der Waals surface area (Å²) in [7, 11) is 0. The molecule has 4 nitrogen and oxygen atoms in total. The number of aliphatic carboxylic acids is 1. The fourth-order valence-corrected chi connectivity index (χ4v) is 0.682. The van der Waals surface area contributed by atoms with Gasteiger partial charge in [-0.3, -0.25) is 9.59 Å². The van der Waals surface area contributed by atoms with Gasteiger partial charge in [0, 0.05) is 6.42 Å². The van der Waals surface area contributed by atoms with Gasteiger partial charge in [-0.1, -0.05) is 27.7 Å². The Morgan fingerprint density at radius 2 is 1.79 bits per heavy atom. The predicted molar refractivity (Wildman–Crippen MR) is 56.1 cm³/mol. The Labute approximate surface area is 85.7 Å². The third-order valence-corrected chi connectivity index (χ3v) is 1.39.